The van der Waals surface area contributed by atoms with Gasteiger partial charge in [-0.1, -0.05) is 0 Å². The smallest absolute Gasteiger partial charge is 0.273 e. The number of hydrogen-bond donors (Lipinski definition) is 1. The summed E-state index contributed by atoms with van der Waals surface area (Å²) in [6.45, 7) is 0. The summed E-state index contributed by atoms with van der Waals surface area (Å²) in [5, 5.41) is 7.08. The van der Waals surface area contributed by atoms with Crippen molar-refractivity contribution in [3.05, 3.63) is 18.0 Å². The van der Waals surface area contributed by atoms with Gasteiger partial charge in [0, 0.05) is 41.4 Å². The van der Waals surface area contributed by atoms with Crippen molar-refractivity contribution in [2.45, 2.75) is 0 Å². The first kappa shape index (κ1) is 14.7. The van der Waals surface area contributed by atoms with Crippen molar-refractivity contribution in [1.29, 1.82) is 0 Å². The fraction of sp³-hybridized carbons (Fsp3) is 0.417. The van der Waals surface area contributed by atoms with Gasteiger partial charge in [0.1, 0.15) is 0 Å². The predicted octanol–water partition coefficient (Wildman–Crippen LogP) is -0.133. The van der Waals surface area contributed by atoms with Crippen LogP contribution in [0.25, 0.3) is 5.95 Å². The SMILES string of the molecule is CNc1nc(N(C)C)nc(-n2ccc(C(=O)N(C)C)n2)n1. The number of anilines is 2. The van der Waals surface area contributed by atoms with Crippen molar-refractivity contribution < 1.29 is 4.79 Å². The van der Waals surface area contributed by atoms with Gasteiger partial charge in [-0.2, -0.15) is 20.1 Å². The highest BCUT2D eigenvalue weighted by atomic mass is 16.2. The largest absolute Gasteiger partial charge is 0.357 e. The molecule has 2 rings (SSSR count). The lowest BCUT2D eigenvalue weighted by Crippen LogP contribution is -2.22. The Kier molecular flexibility index (Phi) is 4.01. The maximum Gasteiger partial charge on any atom is 0.273 e. The van der Waals surface area contributed by atoms with Crippen molar-refractivity contribution in [3.8, 4) is 5.95 Å². The number of hydrogen-bond acceptors (Lipinski definition) is 7. The Hall–Kier alpha value is -2.71. The molecule has 0 aliphatic rings. The molecule has 112 valence electrons. The van der Waals surface area contributed by atoms with E-state index in [1.54, 1.807) is 38.3 Å². The lowest BCUT2D eigenvalue weighted by atomic mass is 10.4. The van der Waals surface area contributed by atoms with Gasteiger partial charge in [-0.25, -0.2) is 4.68 Å². The van der Waals surface area contributed by atoms with E-state index in [1.807, 2.05) is 14.1 Å². The van der Waals surface area contributed by atoms with Crippen molar-refractivity contribution in [1.82, 2.24) is 29.6 Å². The maximum atomic E-state index is 11.9. The lowest BCUT2D eigenvalue weighted by molar-refractivity contribution is 0.0821. The molecule has 9 nitrogen and oxygen atoms in total. The zero-order valence-corrected chi connectivity index (χ0v) is 12.7. The molecular formula is C12H18N8O. The molecule has 2 aromatic rings. The normalized spacial score (nSPS) is 10.3. The molecule has 2 aromatic heterocycles. The van der Waals surface area contributed by atoms with E-state index in [9.17, 15) is 4.79 Å². The highest BCUT2D eigenvalue weighted by Crippen LogP contribution is 2.11. The molecule has 0 spiro atoms. The minimum absolute atomic E-state index is 0.176. The third-order valence-electron chi connectivity index (χ3n) is 2.65. The molecule has 2 heterocycles. The molecule has 1 N–H and O–H groups in total. The number of rotatable bonds is 4. The van der Waals surface area contributed by atoms with E-state index in [1.165, 1.54) is 9.58 Å². The van der Waals surface area contributed by atoms with Gasteiger partial charge >= 0.3 is 0 Å². The molecule has 0 aliphatic carbocycles. The molecule has 0 fully saturated rings. The van der Waals surface area contributed by atoms with E-state index in [4.69, 9.17) is 0 Å². The summed E-state index contributed by atoms with van der Waals surface area (Å²) in [5.74, 6) is 1.10. The fourth-order valence-electron chi connectivity index (χ4n) is 1.55. The summed E-state index contributed by atoms with van der Waals surface area (Å²) >= 11 is 0. The maximum absolute atomic E-state index is 11.9. The molecule has 0 unspecified atom stereocenters. The summed E-state index contributed by atoms with van der Waals surface area (Å²) in [6.07, 6.45) is 1.64. The standard InChI is InChI=1S/C12H18N8O/c1-13-10-14-11(19(4)5)16-12(15-10)20-7-6-8(17-20)9(21)18(2)3/h6-7H,1-5H3,(H,13,14,15,16). The quantitative estimate of drug-likeness (QED) is 0.838. The molecule has 9 heteroatoms. The van der Waals surface area contributed by atoms with Crippen LogP contribution in [-0.4, -0.2) is 70.8 Å². The average Bonchev–Trinajstić information content (AvgIpc) is 2.95. The van der Waals surface area contributed by atoms with E-state index in [2.05, 4.69) is 25.4 Å². The van der Waals surface area contributed by atoms with E-state index >= 15 is 0 Å². The topological polar surface area (TPSA) is 92.1 Å². The minimum Gasteiger partial charge on any atom is -0.357 e. The number of carbonyl (C=O) groups excluding carboxylic acids is 1. The third kappa shape index (κ3) is 3.07. The highest BCUT2D eigenvalue weighted by molar-refractivity contribution is 5.91. The molecule has 0 saturated heterocycles. The van der Waals surface area contributed by atoms with Gasteiger partial charge in [0.25, 0.3) is 11.9 Å². The van der Waals surface area contributed by atoms with Crippen LogP contribution in [-0.2, 0) is 0 Å². The Morgan fingerprint density at radius 3 is 2.48 bits per heavy atom. The molecule has 21 heavy (non-hydrogen) atoms. The minimum atomic E-state index is -0.176. The second-order valence-corrected chi connectivity index (χ2v) is 4.75. The van der Waals surface area contributed by atoms with E-state index in [-0.39, 0.29) is 5.91 Å². The molecule has 0 saturated carbocycles. The van der Waals surface area contributed by atoms with Crippen LogP contribution in [0, 0.1) is 0 Å². The molecule has 0 aliphatic heterocycles. The Morgan fingerprint density at radius 1 is 1.19 bits per heavy atom. The van der Waals surface area contributed by atoms with Gasteiger partial charge < -0.3 is 15.1 Å². The van der Waals surface area contributed by atoms with Crippen LogP contribution in [0.15, 0.2) is 12.3 Å². The van der Waals surface area contributed by atoms with Gasteiger partial charge in [0.2, 0.25) is 11.9 Å². The second kappa shape index (κ2) is 5.73. The predicted molar refractivity (Wildman–Crippen MR) is 78.8 cm³/mol. The van der Waals surface area contributed by atoms with Gasteiger partial charge in [-0.15, -0.1) is 0 Å². The number of amides is 1. The summed E-state index contributed by atoms with van der Waals surface area (Å²) in [5.41, 5.74) is 0.331. The Bertz CT molecular complexity index is 648. The van der Waals surface area contributed by atoms with Crippen LogP contribution in [0.2, 0.25) is 0 Å². The number of aromatic nitrogens is 5. The number of nitrogens with zero attached hydrogens (tertiary/aromatic N) is 7. The van der Waals surface area contributed by atoms with Crippen molar-refractivity contribution >= 4 is 17.8 Å². The zero-order chi connectivity index (χ0) is 15.6. The first-order chi connectivity index (χ1) is 9.92. The van der Waals surface area contributed by atoms with Crippen LogP contribution in [0.4, 0.5) is 11.9 Å². The zero-order valence-electron chi connectivity index (χ0n) is 12.7. The molecule has 0 atom stereocenters. The third-order valence-corrected chi connectivity index (χ3v) is 2.65. The van der Waals surface area contributed by atoms with E-state index < -0.39 is 0 Å². The highest BCUT2D eigenvalue weighted by Gasteiger charge is 2.14. The van der Waals surface area contributed by atoms with E-state index in [0.717, 1.165) is 0 Å². The second-order valence-electron chi connectivity index (χ2n) is 4.75. The van der Waals surface area contributed by atoms with Gasteiger partial charge in [-0.3, -0.25) is 4.79 Å². The fourth-order valence-corrected chi connectivity index (χ4v) is 1.55. The molecular weight excluding hydrogens is 272 g/mol. The van der Waals surface area contributed by atoms with E-state index in [0.29, 0.717) is 23.5 Å². The Morgan fingerprint density at radius 2 is 1.90 bits per heavy atom. The van der Waals surface area contributed by atoms with Crippen LogP contribution in [0.1, 0.15) is 10.5 Å². The lowest BCUT2D eigenvalue weighted by Gasteiger charge is -2.12. The van der Waals surface area contributed by atoms with Crippen LogP contribution >= 0.6 is 0 Å². The van der Waals surface area contributed by atoms with Gasteiger partial charge in [-0.05, 0) is 6.07 Å². The van der Waals surface area contributed by atoms with Crippen LogP contribution in [0.5, 0.6) is 0 Å². The summed E-state index contributed by atoms with van der Waals surface area (Å²) in [7, 11) is 8.75. The van der Waals surface area contributed by atoms with Crippen molar-refractivity contribution in [3.63, 3.8) is 0 Å². The first-order valence-electron chi connectivity index (χ1n) is 6.31. The summed E-state index contributed by atoms with van der Waals surface area (Å²) in [6, 6.07) is 1.63. The Labute approximate surface area is 122 Å². The Balaban J connectivity index is 2.42. The first-order valence-corrected chi connectivity index (χ1v) is 6.31. The van der Waals surface area contributed by atoms with Crippen molar-refractivity contribution in [2.75, 3.05) is 45.5 Å². The number of carbonyl (C=O) groups is 1. The molecule has 1 amide bonds. The molecule has 0 aromatic carbocycles. The van der Waals surface area contributed by atoms with Crippen LogP contribution in [0.3, 0.4) is 0 Å². The average molecular weight is 290 g/mol. The van der Waals surface area contributed by atoms with Crippen molar-refractivity contribution in [2.24, 2.45) is 0 Å². The summed E-state index contributed by atoms with van der Waals surface area (Å²) in [4.78, 5) is 27.9. The van der Waals surface area contributed by atoms with Gasteiger partial charge in [0.15, 0.2) is 5.69 Å². The molecule has 0 radical (unpaired) electrons. The molecule has 0 bridgehead atoms. The van der Waals surface area contributed by atoms with Crippen LogP contribution < -0.4 is 10.2 Å². The summed E-state index contributed by atoms with van der Waals surface area (Å²) < 4.78 is 1.45. The monoisotopic (exact) mass is 290 g/mol. The van der Waals surface area contributed by atoms with Gasteiger partial charge in [0.05, 0.1) is 0 Å². The number of nitrogens with one attached hydrogen (secondary N) is 1.